The molecule has 0 aromatic carbocycles. The second-order valence-corrected chi connectivity index (χ2v) is 5.56. The predicted molar refractivity (Wildman–Crippen MR) is 75.8 cm³/mol. The van der Waals surface area contributed by atoms with Crippen LogP contribution in [0.15, 0.2) is 11.6 Å². The first-order valence-corrected chi connectivity index (χ1v) is 7.19. The van der Waals surface area contributed by atoms with Crippen molar-refractivity contribution in [2.75, 3.05) is 18.5 Å². The van der Waals surface area contributed by atoms with Crippen LogP contribution in [-0.4, -0.2) is 40.8 Å². The van der Waals surface area contributed by atoms with E-state index in [1.54, 1.807) is 11.8 Å². The maximum absolute atomic E-state index is 11.8. The average Bonchev–Trinajstić information content (AvgIpc) is 2.97. The number of imide groups is 1. The van der Waals surface area contributed by atoms with E-state index in [0.717, 1.165) is 10.7 Å². The van der Waals surface area contributed by atoms with Gasteiger partial charge in [0.15, 0.2) is 10.8 Å². The largest absolute Gasteiger partial charge is 0.334 e. The Kier molecular flexibility index (Phi) is 3.19. The first-order chi connectivity index (χ1) is 9.61. The van der Waals surface area contributed by atoms with Crippen LogP contribution < -0.4 is 15.5 Å². The van der Waals surface area contributed by atoms with E-state index >= 15 is 0 Å². The number of amides is 2. The lowest BCUT2D eigenvalue weighted by molar-refractivity contribution is -0.132. The fourth-order valence-corrected chi connectivity index (χ4v) is 3.08. The number of aromatic nitrogens is 2. The number of anilines is 1. The van der Waals surface area contributed by atoms with Gasteiger partial charge >= 0.3 is 0 Å². The van der Waals surface area contributed by atoms with E-state index in [2.05, 4.69) is 15.6 Å². The molecule has 0 radical (unpaired) electrons. The van der Waals surface area contributed by atoms with E-state index in [-0.39, 0.29) is 18.4 Å². The van der Waals surface area contributed by atoms with E-state index in [1.165, 1.54) is 11.3 Å². The van der Waals surface area contributed by atoms with Gasteiger partial charge in [-0.15, -0.1) is 11.3 Å². The summed E-state index contributed by atoms with van der Waals surface area (Å²) in [5, 5.41) is 7.40. The molecule has 1 fully saturated rings. The quantitative estimate of drug-likeness (QED) is 0.777. The van der Waals surface area contributed by atoms with Gasteiger partial charge in [0, 0.05) is 18.1 Å². The second-order valence-electron chi connectivity index (χ2n) is 4.68. The van der Waals surface area contributed by atoms with Crippen LogP contribution >= 0.6 is 11.3 Å². The molecule has 0 bridgehead atoms. The number of hydrogen-bond donors (Lipinski definition) is 2. The minimum Gasteiger partial charge on any atom is -0.334 e. The van der Waals surface area contributed by atoms with Crippen LogP contribution in [0.1, 0.15) is 12.6 Å². The van der Waals surface area contributed by atoms with Crippen molar-refractivity contribution in [2.45, 2.75) is 19.5 Å². The van der Waals surface area contributed by atoms with Gasteiger partial charge in [0.1, 0.15) is 6.04 Å². The van der Waals surface area contributed by atoms with Crippen molar-refractivity contribution in [1.29, 1.82) is 0 Å². The summed E-state index contributed by atoms with van der Waals surface area (Å²) < 4.78 is 1.99. The van der Waals surface area contributed by atoms with Gasteiger partial charge in [-0.3, -0.25) is 19.3 Å². The fourth-order valence-electron chi connectivity index (χ4n) is 2.36. The highest BCUT2D eigenvalue weighted by atomic mass is 32.1. The first-order valence-electron chi connectivity index (χ1n) is 6.31. The molecule has 2 aromatic rings. The molecule has 1 aliphatic rings. The van der Waals surface area contributed by atoms with Gasteiger partial charge in [0.25, 0.3) is 0 Å². The number of thiazole rings is 1. The summed E-state index contributed by atoms with van der Waals surface area (Å²) in [4.78, 5) is 30.6. The average molecular weight is 293 g/mol. The smallest absolute Gasteiger partial charge is 0.249 e. The molecule has 0 spiro atoms. The van der Waals surface area contributed by atoms with Crippen molar-refractivity contribution in [1.82, 2.24) is 20.0 Å². The Labute approximate surface area is 119 Å². The van der Waals surface area contributed by atoms with Crippen molar-refractivity contribution >= 4 is 33.9 Å². The van der Waals surface area contributed by atoms with E-state index in [0.29, 0.717) is 12.4 Å². The van der Waals surface area contributed by atoms with Crippen molar-refractivity contribution in [3.05, 3.63) is 17.3 Å². The Morgan fingerprint density at radius 3 is 3.10 bits per heavy atom. The van der Waals surface area contributed by atoms with Crippen LogP contribution in [0.2, 0.25) is 0 Å². The molecule has 1 unspecified atom stereocenters. The zero-order chi connectivity index (χ0) is 14.3. The summed E-state index contributed by atoms with van der Waals surface area (Å²) >= 11 is 1.53. The van der Waals surface area contributed by atoms with Gasteiger partial charge in [-0.1, -0.05) is 0 Å². The molecule has 3 rings (SSSR count). The van der Waals surface area contributed by atoms with E-state index in [9.17, 15) is 9.59 Å². The van der Waals surface area contributed by atoms with Crippen LogP contribution in [0.3, 0.4) is 0 Å². The number of fused-ring (bicyclic) bond motifs is 1. The molecule has 20 heavy (non-hydrogen) atoms. The minimum atomic E-state index is -0.409. The molecule has 2 aromatic heterocycles. The molecule has 1 atom stereocenters. The molecule has 8 heteroatoms. The molecular weight excluding hydrogens is 278 g/mol. The summed E-state index contributed by atoms with van der Waals surface area (Å²) in [6.07, 6.45) is 1.94. The normalized spacial score (nSPS) is 19.7. The first kappa shape index (κ1) is 13.1. The third-order valence-corrected chi connectivity index (χ3v) is 4.14. The lowest BCUT2D eigenvalue weighted by Crippen LogP contribution is -2.57. The number of carbonyl (C=O) groups is 2. The zero-order valence-electron chi connectivity index (χ0n) is 11.2. The van der Waals surface area contributed by atoms with Crippen LogP contribution in [0.5, 0.6) is 0 Å². The molecule has 3 heterocycles. The summed E-state index contributed by atoms with van der Waals surface area (Å²) in [5.41, 5.74) is 0.957. The summed E-state index contributed by atoms with van der Waals surface area (Å²) in [6.45, 7) is 2.54. The summed E-state index contributed by atoms with van der Waals surface area (Å²) in [7, 11) is 1.85. The summed E-state index contributed by atoms with van der Waals surface area (Å²) in [6, 6.07) is -0.409. The molecule has 1 saturated heterocycles. The van der Waals surface area contributed by atoms with Crippen molar-refractivity contribution in [2.24, 2.45) is 0 Å². The van der Waals surface area contributed by atoms with Gasteiger partial charge in [-0.05, 0) is 14.0 Å². The zero-order valence-corrected chi connectivity index (χ0v) is 12.0. The van der Waals surface area contributed by atoms with Gasteiger partial charge in [0.05, 0.1) is 12.2 Å². The summed E-state index contributed by atoms with van der Waals surface area (Å²) in [5.74, 6) is 0.120. The Balaban J connectivity index is 2.07. The topological polar surface area (TPSA) is 78.7 Å². The molecular formula is C12H15N5O2S. The fraction of sp³-hybridized carbons (Fsp3) is 0.417. The number of carbonyl (C=O) groups excluding carboxylic acids is 2. The van der Waals surface area contributed by atoms with E-state index in [4.69, 9.17) is 0 Å². The molecule has 1 aliphatic heterocycles. The van der Waals surface area contributed by atoms with Crippen molar-refractivity contribution in [3.63, 3.8) is 0 Å². The van der Waals surface area contributed by atoms with Crippen LogP contribution in [-0.2, 0) is 16.1 Å². The van der Waals surface area contributed by atoms with Crippen LogP contribution in [0, 0.1) is 0 Å². The van der Waals surface area contributed by atoms with Gasteiger partial charge in [0.2, 0.25) is 11.8 Å². The Hall–Kier alpha value is -1.93. The maximum Gasteiger partial charge on any atom is 0.249 e. The molecule has 7 nitrogen and oxygen atoms in total. The third kappa shape index (κ3) is 1.97. The van der Waals surface area contributed by atoms with Gasteiger partial charge in [-0.25, -0.2) is 4.98 Å². The SMILES string of the molecule is CNCc1c(N2CC(=O)NC(=O)C2C)nc2sccn12. The molecule has 0 saturated carbocycles. The van der Waals surface area contributed by atoms with Gasteiger partial charge in [-0.2, -0.15) is 0 Å². The van der Waals surface area contributed by atoms with E-state index in [1.807, 2.05) is 23.0 Å². The highest BCUT2D eigenvalue weighted by Gasteiger charge is 2.33. The Morgan fingerprint density at radius 2 is 2.35 bits per heavy atom. The number of nitrogens with zero attached hydrogens (tertiary/aromatic N) is 3. The molecule has 0 aliphatic carbocycles. The molecule has 2 amide bonds. The van der Waals surface area contributed by atoms with Gasteiger partial charge < -0.3 is 10.2 Å². The second kappa shape index (κ2) is 4.88. The maximum atomic E-state index is 11.8. The minimum absolute atomic E-state index is 0.147. The van der Waals surface area contributed by atoms with Crippen molar-refractivity contribution in [3.8, 4) is 0 Å². The lowest BCUT2D eigenvalue weighted by atomic mass is 10.2. The monoisotopic (exact) mass is 293 g/mol. The predicted octanol–water partition coefficient (Wildman–Crippen LogP) is -0.0335. The van der Waals surface area contributed by atoms with E-state index < -0.39 is 6.04 Å². The number of piperazine rings is 1. The number of hydrogen-bond acceptors (Lipinski definition) is 6. The standard InChI is InChI=1S/C12H15N5O2S/c1-7-11(19)14-9(18)6-17(7)10-8(5-13-2)16-3-4-20-12(16)15-10/h3-4,7,13H,5-6H2,1-2H3,(H,14,18,19). The lowest BCUT2D eigenvalue weighted by Gasteiger charge is -2.32. The number of rotatable bonds is 3. The number of imidazole rings is 1. The highest BCUT2D eigenvalue weighted by molar-refractivity contribution is 7.15. The van der Waals surface area contributed by atoms with Crippen LogP contribution in [0.25, 0.3) is 4.96 Å². The molecule has 2 N–H and O–H groups in total. The van der Waals surface area contributed by atoms with Crippen molar-refractivity contribution < 1.29 is 9.59 Å². The number of nitrogens with one attached hydrogen (secondary N) is 2. The Morgan fingerprint density at radius 1 is 1.55 bits per heavy atom. The van der Waals surface area contributed by atoms with Crippen LogP contribution in [0.4, 0.5) is 5.82 Å². The molecule has 106 valence electrons. The Bertz CT molecular complexity index is 676. The highest BCUT2D eigenvalue weighted by Crippen LogP contribution is 2.27. The third-order valence-electron chi connectivity index (χ3n) is 3.38.